The Balaban J connectivity index is 2.44. The lowest BCUT2D eigenvalue weighted by atomic mass is 9.87. The van der Waals surface area contributed by atoms with Crippen molar-refractivity contribution in [2.75, 3.05) is 5.73 Å². The van der Waals surface area contributed by atoms with Crippen molar-refractivity contribution in [1.29, 1.82) is 0 Å². The SMILES string of the molecule is C#CC1CCc2c(sc(N)c2C(N)=O)C1. The van der Waals surface area contributed by atoms with E-state index in [-0.39, 0.29) is 5.92 Å². The van der Waals surface area contributed by atoms with Crippen molar-refractivity contribution in [1.82, 2.24) is 0 Å². The van der Waals surface area contributed by atoms with Gasteiger partial charge < -0.3 is 11.5 Å². The van der Waals surface area contributed by atoms with Gasteiger partial charge >= 0.3 is 0 Å². The number of fused-ring (bicyclic) bond motifs is 1. The van der Waals surface area contributed by atoms with Crippen LogP contribution in [0, 0.1) is 18.3 Å². The fraction of sp³-hybridized carbons (Fsp3) is 0.364. The predicted octanol–water partition coefficient (Wildman–Crippen LogP) is 1.17. The normalized spacial score (nSPS) is 19.3. The lowest BCUT2D eigenvalue weighted by Gasteiger charge is -2.17. The molecule has 0 aromatic carbocycles. The lowest BCUT2D eigenvalue weighted by Crippen LogP contribution is -2.17. The van der Waals surface area contributed by atoms with Crippen molar-refractivity contribution in [3.8, 4) is 12.3 Å². The molecule has 78 valence electrons. The van der Waals surface area contributed by atoms with Crippen LogP contribution in [0.1, 0.15) is 27.2 Å². The summed E-state index contributed by atoms with van der Waals surface area (Å²) in [6, 6.07) is 0. The van der Waals surface area contributed by atoms with Gasteiger partial charge in [-0.1, -0.05) is 0 Å². The zero-order valence-electron chi connectivity index (χ0n) is 8.25. The third-order valence-corrected chi connectivity index (χ3v) is 3.86. The Labute approximate surface area is 92.5 Å². The molecule has 0 bridgehead atoms. The summed E-state index contributed by atoms with van der Waals surface area (Å²) in [4.78, 5) is 12.3. The number of hydrogen-bond donors (Lipinski definition) is 2. The Morgan fingerprint density at radius 1 is 1.60 bits per heavy atom. The first kappa shape index (κ1) is 10.1. The molecule has 1 heterocycles. The lowest BCUT2D eigenvalue weighted by molar-refractivity contribution is 0.100. The number of primary amides is 1. The summed E-state index contributed by atoms with van der Waals surface area (Å²) in [5.74, 6) is 2.60. The van der Waals surface area contributed by atoms with E-state index in [4.69, 9.17) is 17.9 Å². The van der Waals surface area contributed by atoms with Gasteiger partial charge in [0.05, 0.1) is 10.6 Å². The largest absolute Gasteiger partial charge is 0.390 e. The van der Waals surface area contributed by atoms with Crippen LogP contribution >= 0.6 is 11.3 Å². The van der Waals surface area contributed by atoms with Crippen LogP contribution in [0.4, 0.5) is 5.00 Å². The zero-order chi connectivity index (χ0) is 11.0. The molecule has 1 amide bonds. The summed E-state index contributed by atoms with van der Waals surface area (Å²) in [6.07, 6.45) is 7.96. The minimum Gasteiger partial charge on any atom is -0.390 e. The Kier molecular flexibility index (Phi) is 2.41. The monoisotopic (exact) mass is 220 g/mol. The van der Waals surface area contributed by atoms with Gasteiger partial charge in [-0.3, -0.25) is 4.79 Å². The molecule has 15 heavy (non-hydrogen) atoms. The van der Waals surface area contributed by atoms with Crippen LogP contribution in [-0.4, -0.2) is 5.91 Å². The predicted molar refractivity (Wildman–Crippen MR) is 61.6 cm³/mol. The van der Waals surface area contributed by atoms with Crippen LogP contribution < -0.4 is 11.5 Å². The van der Waals surface area contributed by atoms with Gasteiger partial charge in [-0.05, 0) is 24.8 Å². The number of carbonyl (C=O) groups is 1. The first-order valence-electron chi connectivity index (χ1n) is 4.79. The molecule has 1 unspecified atom stereocenters. The molecule has 1 aliphatic carbocycles. The second-order valence-corrected chi connectivity index (χ2v) is 4.85. The zero-order valence-corrected chi connectivity index (χ0v) is 9.06. The van der Waals surface area contributed by atoms with E-state index < -0.39 is 5.91 Å². The van der Waals surface area contributed by atoms with Crippen LogP contribution in [0.25, 0.3) is 0 Å². The highest BCUT2D eigenvalue weighted by Crippen LogP contribution is 2.37. The van der Waals surface area contributed by atoms with Crippen molar-refractivity contribution in [2.45, 2.75) is 19.3 Å². The summed E-state index contributed by atoms with van der Waals surface area (Å²) >= 11 is 1.45. The van der Waals surface area contributed by atoms with Crippen molar-refractivity contribution in [2.24, 2.45) is 11.7 Å². The maximum atomic E-state index is 11.2. The average molecular weight is 220 g/mol. The first-order valence-corrected chi connectivity index (χ1v) is 5.61. The standard InChI is InChI=1S/C11H12N2OS/c1-2-6-3-4-7-8(5-6)15-11(13)9(7)10(12)14/h1,6H,3-5,13H2,(H2,12,14). The quantitative estimate of drug-likeness (QED) is 0.697. The third-order valence-electron chi connectivity index (χ3n) is 2.77. The van der Waals surface area contributed by atoms with E-state index in [9.17, 15) is 4.79 Å². The van der Waals surface area contributed by atoms with Crippen molar-refractivity contribution < 1.29 is 4.79 Å². The number of anilines is 1. The van der Waals surface area contributed by atoms with Crippen molar-refractivity contribution in [3.63, 3.8) is 0 Å². The van der Waals surface area contributed by atoms with Gasteiger partial charge in [0.1, 0.15) is 0 Å². The summed E-state index contributed by atoms with van der Waals surface area (Å²) in [5.41, 5.74) is 12.6. The number of hydrogen-bond acceptors (Lipinski definition) is 3. The Morgan fingerprint density at radius 3 is 2.93 bits per heavy atom. The molecular formula is C11H12N2OS. The summed E-state index contributed by atoms with van der Waals surface area (Å²) in [5, 5.41) is 0.533. The van der Waals surface area contributed by atoms with Crippen LogP contribution in [0.5, 0.6) is 0 Å². The molecular weight excluding hydrogens is 208 g/mol. The molecule has 3 nitrogen and oxygen atoms in total. The van der Waals surface area contributed by atoms with E-state index in [1.54, 1.807) is 0 Å². The van der Waals surface area contributed by atoms with Gasteiger partial charge in [0.2, 0.25) is 0 Å². The number of amides is 1. The van der Waals surface area contributed by atoms with E-state index in [2.05, 4.69) is 5.92 Å². The Morgan fingerprint density at radius 2 is 2.33 bits per heavy atom. The highest BCUT2D eigenvalue weighted by Gasteiger charge is 2.25. The first-order chi connectivity index (χ1) is 7.13. The number of nitrogen functional groups attached to an aromatic ring is 1. The average Bonchev–Trinajstić information content (AvgIpc) is 2.52. The van der Waals surface area contributed by atoms with Gasteiger partial charge in [0.25, 0.3) is 5.91 Å². The van der Waals surface area contributed by atoms with E-state index in [0.717, 1.165) is 29.7 Å². The maximum Gasteiger partial charge on any atom is 0.251 e. The van der Waals surface area contributed by atoms with Gasteiger partial charge in [0.15, 0.2) is 0 Å². The fourth-order valence-corrected chi connectivity index (χ4v) is 3.22. The molecule has 1 aliphatic rings. The summed E-state index contributed by atoms with van der Waals surface area (Å²) in [6.45, 7) is 0. The smallest absolute Gasteiger partial charge is 0.251 e. The molecule has 0 saturated heterocycles. The number of thiophene rings is 1. The molecule has 0 fully saturated rings. The molecule has 0 spiro atoms. The van der Waals surface area contributed by atoms with Crippen molar-refractivity contribution in [3.05, 3.63) is 16.0 Å². The fourth-order valence-electron chi connectivity index (χ4n) is 2.02. The van der Waals surface area contributed by atoms with E-state index in [1.807, 2.05) is 0 Å². The van der Waals surface area contributed by atoms with Gasteiger partial charge in [-0.25, -0.2) is 0 Å². The third kappa shape index (κ3) is 1.59. The van der Waals surface area contributed by atoms with Crippen LogP contribution in [0.3, 0.4) is 0 Å². The molecule has 1 aromatic heterocycles. The molecule has 0 saturated carbocycles. The van der Waals surface area contributed by atoms with E-state index in [1.165, 1.54) is 11.3 Å². The van der Waals surface area contributed by atoms with Gasteiger partial charge in [-0.2, -0.15) is 0 Å². The topological polar surface area (TPSA) is 69.1 Å². The Bertz CT molecular complexity index is 456. The summed E-state index contributed by atoms with van der Waals surface area (Å²) in [7, 11) is 0. The number of terminal acetylenes is 1. The number of rotatable bonds is 1. The minimum atomic E-state index is -0.427. The number of carbonyl (C=O) groups excluding carboxylic acids is 1. The molecule has 0 radical (unpaired) electrons. The highest BCUT2D eigenvalue weighted by atomic mass is 32.1. The second-order valence-electron chi connectivity index (χ2n) is 3.71. The highest BCUT2D eigenvalue weighted by molar-refractivity contribution is 7.16. The van der Waals surface area contributed by atoms with Crippen molar-refractivity contribution >= 4 is 22.2 Å². The molecule has 0 aliphatic heterocycles. The Hall–Kier alpha value is -1.47. The van der Waals surface area contributed by atoms with Crippen LogP contribution in [0.15, 0.2) is 0 Å². The van der Waals surface area contributed by atoms with Gasteiger partial charge in [-0.15, -0.1) is 23.7 Å². The van der Waals surface area contributed by atoms with Crippen LogP contribution in [-0.2, 0) is 12.8 Å². The summed E-state index contributed by atoms with van der Waals surface area (Å²) < 4.78 is 0. The van der Waals surface area contributed by atoms with E-state index in [0.29, 0.717) is 10.6 Å². The molecule has 2 rings (SSSR count). The molecule has 4 heteroatoms. The molecule has 1 atom stereocenters. The number of nitrogens with two attached hydrogens (primary N) is 2. The van der Waals surface area contributed by atoms with E-state index >= 15 is 0 Å². The molecule has 4 N–H and O–H groups in total. The van der Waals surface area contributed by atoms with Gasteiger partial charge in [0, 0.05) is 10.8 Å². The minimum absolute atomic E-state index is 0.274. The molecule has 1 aromatic rings. The second kappa shape index (κ2) is 3.59. The maximum absolute atomic E-state index is 11.2. The van der Waals surface area contributed by atoms with Crippen LogP contribution in [0.2, 0.25) is 0 Å².